The van der Waals surface area contributed by atoms with E-state index in [1.165, 1.54) is 11.1 Å². The van der Waals surface area contributed by atoms with Gasteiger partial charge in [0.05, 0.1) is 22.7 Å². The number of unbranched alkanes of at least 4 members (excludes halogenated alkanes) is 3. The number of hydrogen-bond acceptors (Lipinski definition) is 5. The molecule has 2 N–H and O–H groups in total. The number of carboxylic acid groups (broad SMARTS) is 1. The van der Waals surface area contributed by atoms with Gasteiger partial charge in [-0.25, -0.2) is 9.97 Å². The van der Waals surface area contributed by atoms with E-state index in [1.807, 2.05) is 13.8 Å². The highest BCUT2D eigenvalue weighted by Crippen LogP contribution is 2.38. The summed E-state index contributed by atoms with van der Waals surface area (Å²) in [5.74, 6) is 0.205. The van der Waals surface area contributed by atoms with Gasteiger partial charge < -0.3 is 15.1 Å². The van der Waals surface area contributed by atoms with Gasteiger partial charge in [-0.15, -0.1) is 0 Å². The van der Waals surface area contributed by atoms with Crippen molar-refractivity contribution in [3.63, 3.8) is 0 Å². The van der Waals surface area contributed by atoms with Gasteiger partial charge >= 0.3 is 5.97 Å². The molecular weight excluding hydrogens is 462 g/mol. The summed E-state index contributed by atoms with van der Waals surface area (Å²) in [6, 6.07) is 16.8. The van der Waals surface area contributed by atoms with Crippen LogP contribution in [0.15, 0.2) is 48.5 Å². The zero-order valence-corrected chi connectivity index (χ0v) is 22.5. The molecule has 1 aromatic heterocycles. The van der Waals surface area contributed by atoms with Crippen molar-refractivity contribution in [2.45, 2.75) is 71.8 Å². The van der Waals surface area contributed by atoms with E-state index < -0.39 is 11.6 Å². The number of rotatable bonds is 10. The molecule has 0 saturated carbocycles. The molecule has 0 saturated heterocycles. The zero-order chi connectivity index (χ0) is 26.6. The highest BCUT2D eigenvalue weighted by molar-refractivity contribution is 5.80. The Labute approximate surface area is 220 Å². The Morgan fingerprint density at radius 2 is 1.43 bits per heavy atom. The first-order chi connectivity index (χ1) is 17.6. The lowest BCUT2D eigenvalue weighted by molar-refractivity contribution is -0.137. The predicted octanol–water partition coefficient (Wildman–Crippen LogP) is 6.21. The van der Waals surface area contributed by atoms with E-state index in [0.29, 0.717) is 12.8 Å². The molecule has 1 atom stereocenters. The van der Waals surface area contributed by atoms with E-state index in [1.54, 1.807) is 0 Å². The molecule has 0 aliphatic carbocycles. The molecule has 0 fully saturated rings. The van der Waals surface area contributed by atoms with Crippen molar-refractivity contribution < 1.29 is 15.0 Å². The van der Waals surface area contributed by atoms with Gasteiger partial charge in [-0.1, -0.05) is 72.5 Å². The largest absolute Gasteiger partial charge is 0.481 e. The number of aryl methyl sites for hydroxylation is 2. The van der Waals surface area contributed by atoms with Crippen molar-refractivity contribution in [3.8, 4) is 22.5 Å². The fraction of sp³-hybridized carbons (Fsp3) is 0.452. The molecule has 196 valence electrons. The Balaban J connectivity index is 1.71. The van der Waals surface area contributed by atoms with Crippen molar-refractivity contribution in [3.05, 3.63) is 65.4 Å². The third-order valence-corrected chi connectivity index (χ3v) is 7.34. The molecule has 1 aliphatic heterocycles. The Morgan fingerprint density at radius 1 is 0.892 bits per heavy atom. The van der Waals surface area contributed by atoms with Crippen molar-refractivity contribution in [1.29, 1.82) is 0 Å². The van der Waals surface area contributed by atoms with Gasteiger partial charge in [-0.05, 0) is 40.5 Å². The lowest BCUT2D eigenvalue weighted by Crippen LogP contribution is -2.46. The van der Waals surface area contributed by atoms with Crippen molar-refractivity contribution >= 4 is 11.8 Å². The maximum absolute atomic E-state index is 10.9. The van der Waals surface area contributed by atoms with Crippen LogP contribution in [0.4, 0.5) is 5.82 Å². The summed E-state index contributed by atoms with van der Waals surface area (Å²) >= 11 is 0. The highest BCUT2D eigenvalue weighted by atomic mass is 16.4. The molecule has 6 nitrogen and oxygen atoms in total. The van der Waals surface area contributed by atoms with Crippen molar-refractivity contribution in [2.24, 2.45) is 5.92 Å². The van der Waals surface area contributed by atoms with Crippen LogP contribution in [0.1, 0.15) is 62.8 Å². The van der Waals surface area contributed by atoms with Crippen molar-refractivity contribution in [2.75, 3.05) is 18.0 Å². The zero-order valence-electron chi connectivity index (χ0n) is 22.5. The number of nitrogens with zero attached hydrogens (tertiary/aromatic N) is 3. The Kier molecular flexibility index (Phi) is 8.28. The smallest absolute Gasteiger partial charge is 0.303 e. The normalized spacial score (nSPS) is 15.5. The minimum absolute atomic E-state index is 0.0393. The van der Waals surface area contributed by atoms with E-state index in [4.69, 9.17) is 15.1 Å². The van der Waals surface area contributed by atoms with Crippen LogP contribution in [0.5, 0.6) is 0 Å². The number of benzene rings is 2. The molecular formula is C31H39N3O3. The van der Waals surface area contributed by atoms with Crippen LogP contribution in [0.2, 0.25) is 0 Å². The average molecular weight is 502 g/mol. The van der Waals surface area contributed by atoms with Gasteiger partial charge in [0.2, 0.25) is 0 Å². The summed E-state index contributed by atoms with van der Waals surface area (Å²) in [6.07, 6.45) is 4.41. The van der Waals surface area contributed by atoms with Crippen LogP contribution in [0.3, 0.4) is 0 Å². The molecule has 6 heteroatoms. The maximum atomic E-state index is 10.9. The maximum Gasteiger partial charge on any atom is 0.303 e. The van der Waals surface area contributed by atoms with E-state index in [0.717, 1.165) is 66.4 Å². The van der Waals surface area contributed by atoms with Crippen LogP contribution in [-0.4, -0.2) is 44.8 Å². The Hall–Kier alpha value is -3.25. The first kappa shape index (κ1) is 26.8. The lowest BCUT2D eigenvalue weighted by Gasteiger charge is -2.40. The minimum Gasteiger partial charge on any atom is -0.481 e. The molecule has 4 rings (SSSR count). The lowest BCUT2D eigenvalue weighted by atomic mass is 9.84. The van der Waals surface area contributed by atoms with Crippen molar-refractivity contribution in [1.82, 2.24) is 9.97 Å². The molecule has 1 unspecified atom stereocenters. The third kappa shape index (κ3) is 6.75. The van der Waals surface area contributed by atoms with E-state index >= 15 is 0 Å². The number of aliphatic hydroxyl groups is 1. The third-order valence-electron chi connectivity index (χ3n) is 7.34. The number of aliphatic carboxylic acids is 1. The van der Waals surface area contributed by atoms with Crippen LogP contribution >= 0.6 is 0 Å². The number of carboxylic acids is 1. The average Bonchev–Trinajstić information content (AvgIpc) is 2.85. The molecule has 0 radical (unpaired) electrons. The van der Waals surface area contributed by atoms with Gasteiger partial charge in [-0.3, -0.25) is 4.79 Å². The summed E-state index contributed by atoms with van der Waals surface area (Å²) in [6.45, 7) is 9.44. The fourth-order valence-electron chi connectivity index (χ4n) is 4.93. The van der Waals surface area contributed by atoms with Gasteiger partial charge in [0.15, 0.2) is 5.82 Å². The molecule has 2 aromatic carbocycles. The summed E-state index contributed by atoms with van der Waals surface area (Å²) in [7, 11) is 0. The second-order valence-electron chi connectivity index (χ2n) is 11.0. The first-order valence-electron chi connectivity index (χ1n) is 13.4. The van der Waals surface area contributed by atoms with Crippen LogP contribution in [0.25, 0.3) is 22.5 Å². The number of hydrogen-bond donors (Lipinski definition) is 2. The number of aromatic nitrogens is 2. The molecule has 0 bridgehead atoms. The molecule has 3 aromatic rings. The summed E-state index contributed by atoms with van der Waals surface area (Å²) < 4.78 is 0. The van der Waals surface area contributed by atoms with E-state index in [9.17, 15) is 9.90 Å². The molecule has 1 aliphatic rings. The number of fused-ring (bicyclic) bond motifs is 1. The topological polar surface area (TPSA) is 86.6 Å². The highest BCUT2D eigenvalue weighted by Gasteiger charge is 2.36. The quantitative estimate of drug-likeness (QED) is 0.321. The fourth-order valence-corrected chi connectivity index (χ4v) is 4.93. The number of carbonyl (C=O) groups is 1. The predicted molar refractivity (Wildman–Crippen MR) is 149 cm³/mol. The standard InChI is InChI=1S/C31H39N3O3/c1-21-10-14-23(15-11-21)28-29(24-16-12-22(2)13-17-24)33-30-26(32-28)19-25(31(3,4)37)20-34(30)18-8-6-5-7-9-27(35)36/h10-17,25,37H,5-9,18-20H2,1-4H3,(H,35,36). The Bertz CT molecular complexity index is 1210. The number of anilines is 1. The van der Waals surface area contributed by atoms with Gasteiger partial charge in [0, 0.05) is 43.0 Å². The van der Waals surface area contributed by atoms with Gasteiger partial charge in [0.25, 0.3) is 0 Å². The van der Waals surface area contributed by atoms with E-state index in [2.05, 4.69) is 67.3 Å². The van der Waals surface area contributed by atoms with Gasteiger partial charge in [-0.2, -0.15) is 0 Å². The summed E-state index contributed by atoms with van der Waals surface area (Å²) in [5.41, 5.74) is 6.30. The van der Waals surface area contributed by atoms with Crippen LogP contribution in [0, 0.1) is 19.8 Å². The molecule has 0 spiro atoms. The SMILES string of the molecule is Cc1ccc(-c2nc3c(nc2-c2ccc(C)cc2)N(CCCCCCC(=O)O)CC(C(C)(C)O)C3)cc1. The van der Waals surface area contributed by atoms with Crippen LogP contribution in [-0.2, 0) is 11.2 Å². The second-order valence-corrected chi connectivity index (χ2v) is 11.0. The second kappa shape index (κ2) is 11.4. The molecule has 0 amide bonds. The van der Waals surface area contributed by atoms with E-state index in [-0.39, 0.29) is 12.3 Å². The Morgan fingerprint density at radius 3 is 1.97 bits per heavy atom. The van der Waals surface area contributed by atoms with Gasteiger partial charge in [0.1, 0.15) is 0 Å². The molecule has 37 heavy (non-hydrogen) atoms. The summed E-state index contributed by atoms with van der Waals surface area (Å²) in [4.78, 5) is 23.6. The monoisotopic (exact) mass is 501 g/mol. The minimum atomic E-state index is -0.835. The summed E-state index contributed by atoms with van der Waals surface area (Å²) in [5, 5.41) is 19.8. The molecule has 2 heterocycles. The first-order valence-corrected chi connectivity index (χ1v) is 13.4. The van der Waals surface area contributed by atoms with Crippen LogP contribution < -0.4 is 4.90 Å².